The third kappa shape index (κ3) is 4.48. The quantitative estimate of drug-likeness (QED) is 0.757. The van der Waals surface area contributed by atoms with Crippen LogP contribution < -0.4 is 5.32 Å². The zero-order valence-electron chi connectivity index (χ0n) is 11.4. The fourth-order valence-electron chi connectivity index (χ4n) is 1.82. The second kappa shape index (κ2) is 7.45. The Morgan fingerprint density at radius 2 is 2.12 bits per heavy atom. The molecular formula is C13H25N3O. The summed E-state index contributed by atoms with van der Waals surface area (Å²) in [7, 11) is 1.73. The smallest absolute Gasteiger partial charge is 0.0762 e. The fourth-order valence-corrected chi connectivity index (χ4v) is 1.82. The highest BCUT2D eigenvalue weighted by Crippen LogP contribution is 2.14. The van der Waals surface area contributed by atoms with Crippen molar-refractivity contribution >= 4 is 0 Å². The molecule has 0 spiro atoms. The predicted molar refractivity (Wildman–Crippen MR) is 70.0 cm³/mol. The van der Waals surface area contributed by atoms with Crippen LogP contribution in [0.3, 0.4) is 0 Å². The summed E-state index contributed by atoms with van der Waals surface area (Å²) >= 11 is 0. The third-order valence-corrected chi connectivity index (χ3v) is 3.12. The van der Waals surface area contributed by atoms with Gasteiger partial charge in [-0.2, -0.15) is 5.10 Å². The average Bonchev–Trinajstić information content (AvgIpc) is 2.79. The maximum Gasteiger partial charge on any atom is 0.0762 e. The maximum atomic E-state index is 5.18. The van der Waals surface area contributed by atoms with Gasteiger partial charge in [-0.25, -0.2) is 0 Å². The monoisotopic (exact) mass is 239 g/mol. The van der Waals surface area contributed by atoms with Gasteiger partial charge in [0.15, 0.2) is 0 Å². The van der Waals surface area contributed by atoms with Crippen molar-refractivity contribution in [2.75, 3.05) is 13.7 Å². The van der Waals surface area contributed by atoms with Gasteiger partial charge in [0.1, 0.15) is 0 Å². The van der Waals surface area contributed by atoms with E-state index in [-0.39, 0.29) is 6.10 Å². The highest BCUT2D eigenvalue weighted by atomic mass is 16.5. The van der Waals surface area contributed by atoms with Crippen LogP contribution in [-0.2, 0) is 11.3 Å². The van der Waals surface area contributed by atoms with E-state index in [0.29, 0.717) is 6.04 Å². The second-order valence-electron chi connectivity index (χ2n) is 4.43. The molecule has 1 heterocycles. The van der Waals surface area contributed by atoms with E-state index in [1.54, 1.807) is 7.11 Å². The number of aromatic nitrogens is 2. The van der Waals surface area contributed by atoms with Gasteiger partial charge < -0.3 is 10.1 Å². The van der Waals surface area contributed by atoms with Crippen molar-refractivity contribution in [2.45, 2.75) is 52.3 Å². The zero-order chi connectivity index (χ0) is 12.7. The van der Waals surface area contributed by atoms with E-state index < -0.39 is 0 Å². The Kier molecular flexibility index (Phi) is 6.22. The van der Waals surface area contributed by atoms with E-state index in [9.17, 15) is 0 Å². The molecule has 0 aromatic carbocycles. The third-order valence-electron chi connectivity index (χ3n) is 3.12. The minimum atomic E-state index is 0.246. The normalized spacial score (nSPS) is 13.2. The fraction of sp³-hybridized carbons (Fsp3) is 0.769. The van der Waals surface area contributed by atoms with Crippen LogP contribution in [0, 0.1) is 0 Å². The van der Waals surface area contributed by atoms with Crippen LogP contribution in [0.25, 0.3) is 0 Å². The maximum absolute atomic E-state index is 5.18. The highest BCUT2D eigenvalue weighted by molar-refractivity contribution is 4.99. The molecule has 4 heteroatoms. The van der Waals surface area contributed by atoms with Crippen molar-refractivity contribution in [3.8, 4) is 0 Å². The standard InChI is InChI=1S/C13H25N3O/c1-5-13(6-2)16-8-7-12(15-16)10-14-9-11(3)17-4/h7-8,11,13-14H,5-6,9-10H2,1-4H3. The van der Waals surface area contributed by atoms with Crippen molar-refractivity contribution in [3.63, 3.8) is 0 Å². The molecule has 1 aromatic heterocycles. The lowest BCUT2D eigenvalue weighted by molar-refractivity contribution is 0.117. The van der Waals surface area contributed by atoms with Crippen molar-refractivity contribution in [3.05, 3.63) is 18.0 Å². The van der Waals surface area contributed by atoms with Gasteiger partial charge in [0.05, 0.1) is 17.8 Å². The number of hydrogen-bond acceptors (Lipinski definition) is 3. The van der Waals surface area contributed by atoms with Crippen LogP contribution in [0.2, 0.25) is 0 Å². The molecule has 1 rings (SSSR count). The summed E-state index contributed by atoms with van der Waals surface area (Å²) in [5.41, 5.74) is 1.10. The first-order chi connectivity index (χ1) is 8.21. The molecule has 0 saturated heterocycles. The molecule has 0 aliphatic rings. The number of methoxy groups -OCH3 is 1. The molecule has 0 radical (unpaired) electrons. The number of ether oxygens (including phenoxy) is 1. The lowest BCUT2D eigenvalue weighted by atomic mass is 10.2. The molecule has 98 valence electrons. The zero-order valence-corrected chi connectivity index (χ0v) is 11.4. The first-order valence-corrected chi connectivity index (χ1v) is 6.48. The average molecular weight is 239 g/mol. The van der Waals surface area contributed by atoms with Crippen LogP contribution in [0.15, 0.2) is 12.3 Å². The summed E-state index contributed by atoms with van der Waals surface area (Å²) in [6.45, 7) is 8.12. The number of hydrogen-bond donors (Lipinski definition) is 1. The van der Waals surface area contributed by atoms with Gasteiger partial charge in [-0.1, -0.05) is 13.8 Å². The lowest BCUT2D eigenvalue weighted by Crippen LogP contribution is -2.25. The Hall–Kier alpha value is -0.870. The van der Waals surface area contributed by atoms with Crippen molar-refractivity contribution < 1.29 is 4.74 Å². The minimum absolute atomic E-state index is 0.246. The summed E-state index contributed by atoms with van der Waals surface area (Å²) in [4.78, 5) is 0. The van der Waals surface area contributed by atoms with Gasteiger partial charge in [-0.15, -0.1) is 0 Å². The molecule has 0 saturated carbocycles. The molecule has 0 amide bonds. The van der Waals surface area contributed by atoms with Gasteiger partial charge in [0.25, 0.3) is 0 Å². The van der Waals surface area contributed by atoms with Crippen LogP contribution in [0.4, 0.5) is 0 Å². The van der Waals surface area contributed by atoms with Crippen molar-refractivity contribution in [2.24, 2.45) is 0 Å². The highest BCUT2D eigenvalue weighted by Gasteiger charge is 2.07. The molecule has 1 N–H and O–H groups in total. The van der Waals surface area contributed by atoms with E-state index >= 15 is 0 Å². The van der Waals surface area contributed by atoms with Gasteiger partial charge >= 0.3 is 0 Å². The summed E-state index contributed by atoms with van der Waals surface area (Å²) in [6, 6.07) is 2.62. The first kappa shape index (κ1) is 14.2. The van der Waals surface area contributed by atoms with Gasteiger partial charge in [0.2, 0.25) is 0 Å². The largest absolute Gasteiger partial charge is 0.380 e. The van der Waals surface area contributed by atoms with Crippen LogP contribution in [0.1, 0.15) is 45.3 Å². The van der Waals surface area contributed by atoms with Crippen molar-refractivity contribution in [1.82, 2.24) is 15.1 Å². The molecule has 4 nitrogen and oxygen atoms in total. The number of nitrogens with zero attached hydrogens (tertiary/aromatic N) is 2. The molecule has 1 atom stereocenters. The molecule has 17 heavy (non-hydrogen) atoms. The lowest BCUT2D eigenvalue weighted by Gasteiger charge is -2.12. The second-order valence-corrected chi connectivity index (χ2v) is 4.43. The molecule has 0 aliphatic heterocycles. The van der Waals surface area contributed by atoms with Gasteiger partial charge in [0, 0.05) is 26.4 Å². The first-order valence-electron chi connectivity index (χ1n) is 6.48. The van der Waals surface area contributed by atoms with Crippen LogP contribution in [-0.4, -0.2) is 29.5 Å². The van der Waals surface area contributed by atoms with Crippen LogP contribution in [0.5, 0.6) is 0 Å². The molecule has 1 unspecified atom stereocenters. The van der Waals surface area contributed by atoms with Crippen LogP contribution >= 0.6 is 0 Å². The molecular weight excluding hydrogens is 214 g/mol. The molecule has 0 aliphatic carbocycles. The topological polar surface area (TPSA) is 39.1 Å². The minimum Gasteiger partial charge on any atom is -0.380 e. The Balaban J connectivity index is 2.40. The molecule has 0 bridgehead atoms. The molecule has 1 aromatic rings. The van der Waals surface area contributed by atoms with E-state index in [1.165, 1.54) is 0 Å². The Morgan fingerprint density at radius 1 is 1.41 bits per heavy atom. The van der Waals surface area contributed by atoms with Gasteiger partial charge in [-0.3, -0.25) is 4.68 Å². The number of nitrogens with one attached hydrogen (secondary N) is 1. The number of rotatable bonds is 8. The Morgan fingerprint density at radius 3 is 2.71 bits per heavy atom. The molecule has 0 fully saturated rings. The van der Waals surface area contributed by atoms with E-state index in [0.717, 1.165) is 31.6 Å². The Labute approximate surface area is 104 Å². The van der Waals surface area contributed by atoms with E-state index in [1.807, 2.05) is 0 Å². The van der Waals surface area contributed by atoms with E-state index in [4.69, 9.17) is 4.74 Å². The van der Waals surface area contributed by atoms with E-state index in [2.05, 4.69) is 48.1 Å². The van der Waals surface area contributed by atoms with Crippen molar-refractivity contribution in [1.29, 1.82) is 0 Å². The summed E-state index contributed by atoms with van der Waals surface area (Å²) in [5, 5.41) is 7.93. The summed E-state index contributed by atoms with van der Waals surface area (Å²) in [5.74, 6) is 0. The summed E-state index contributed by atoms with van der Waals surface area (Å²) in [6.07, 6.45) is 4.59. The van der Waals surface area contributed by atoms with Gasteiger partial charge in [-0.05, 0) is 25.8 Å². The Bertz CT molecular complexity index is 307. The predicted octanol–water partition coefficient (Wildman–Crippen LogP) is 2.37. The summed E-state index contributed by atoms with van der Waals surface area (Å²) < 4.78 is 7.26. The SMILES string of the molecule is CCC(CC)n1ccc(CNCC(C)OC)n1.